The normalized spacial score (nSPS) is 29.2. The van der Waals surface area contributed by atoms with Crippen LogP contribution in [0.1, 0.15) is 40.0 Å². The van der Waals surface area contributed by atoms with Crippen molar-refractivity contribution in [1.82, 2.24) is 0 Å². The van der Waals surface area contributed by atoms with Crippen molar-refractivity contribution in [3.8, 4) is 0 Å². The Balaban J connectivity index is 2.58. The van der Waals surface area contributed by atoms with Crippen molar-refractivity contribution in [2.24, 2.45) is 17.8 Å². The molecule has 0 saturated heterocycles. The third kappa shape index (κ3) is 5.41. The van der Waals surface area contributed by atoms with E-state index >= 15 is 0 Å². The Hall–Kier alpha value is 0.140. The summed E-state index contributed by atoms with van der Waals surface area (Å²) >= 11 is 16.1. The zero-order valence-electron chi connectivity index (χ0n) is 10.8. The van der Waals surface area contributed by atoms with Gasteiger partial charge in [-0.15, -0.1) is 0 Å². The van der Waals surface area contributed by atoms with E-state index in [9.17, 15) is 4.79 Å². The van der Waals surface area contributed by atoms with Crippen molar-refractivity contribution in [2.45, 2.75) is 50.1 Å². The van der Waals surface area contributed by atoms with Crippen molar-refractivity contribution < 1.29 is 14.3 Å². The molecule has 0 spiro atoms. The van der Waals surface area contributed by atoms with Crippen molar-refractivity contribution >= 4 is 41.0 Å². The Morgan fingerprint density at radius 3 is 2.39 bits per heavy atom. The largest absolute Gasteiger partial charge is 0.512 e. The summed E-state index contributed by atoms with van der Waals surface area (Å²) in [6.07, 6.45) is 1.96. The molecule has 0 amide bonds. The first-order valence-electron chi connectivity index (χ1n) is 6.15. The fraction of sp³-hybridized carbons (Fsp3) is 0.917. The summed E-state index contributed by atoms with van der Waals surface area (Å²) in [5.41, 5.74) is 0. The fourth-order valence-electron chi connectivity index (χ4n) is 2.49. The zero-order chi connectivity index (χ0) is 13.9. The lowest BCUT2D eigenvalue weighted by Gasteiger charge is -2.36. The van der Waals surface area contributed by atoms with Crippen LogP contribution in [0.2, 0.25) is 0 Å². The van der Waals surface area contributed by atoms with Gasteiger partial charge in [0.25, 0.3) is 0 Å². The van der Waals surface area contributed by atoms with E-state index < -0.39 is 10.1 Å². The summed E-state index contributed by atoms with van der Waals surface area (Å²) in [6, 6.07) is 0. The summed E-state index contributed by atoms with van der Waals surface area (Å²) in [7, 11) is 0. The van der Waals surface area contributed by atoms with Crippen LogP contribution in [-0.4, -0.2) is 16.2 Å². The smallest absolute Gasteiger partial charge is 0.431 e. The number of halogens is 3. The standard InChI is InChI=1S/C12H19Cl3O3/c1-7(2)9-5-4-8(3)6-10(9)17-11(16)18-12(13,14)15/h7-10H,4-6H2,1-3H3/t8-,9+,10-/m1/s1. The van der Waals surface area contributed by atoms with Crippen LogP contribution in [0, 0.1) is 17.8 Å². The zero-order valence-corrected chi connectivity index (χ0v) is 13.1. The first-order chi connectivity index (χ1) is 8.19. The second-order valence-electron chi connectivity index (χ2n) is 5.28. The van der Waals surface area contributed by atoms with Crippen LogP contribution >= 0.6 is 34.8 Å². The van der Waals surface area contributed by atoms with Gasteiger partial charge >= 0.3 is 10.1 Å². The highest BCUT2D eigenvalue weighted by Gasteiger charge is 2.35. The highest BCUT2D eigenvalue weighted by atomic mass is 35.6. The van der Waals surface area contributed by atoms with Crippen LogP contribution in [0.15, 0.2) is 0 Å². The van der Waals surface area contributed by atoms with Gasteiger partial charge in [0, 0.05) is 0 Å². The van der Waals surface area contributed by atoms with Gasteiger partial charge in [-0.3, -0.25) is 0 Å². The Bertz CT molecular complexity index is 289. The third-order valence-corrected chi connectivity index (χ3v) is 3.64. The predicted octanol–water partition coefficient (Wildman–Crippen LogP) is 4.93. The number of ether oxygens (including phenoxy) is 2. The minimum atomic E-state index is -2.06. The monoisotopic (exact) mass is 316 g/mol. The van der Waals surface area contributed by atoms with E-state index in [1.165, 1.54) is 0 Å². The Kier molecular flexibility index (Phi) is 5.88. The number of alkyl halides is 3. The van der Waals surface area contributed by atoms with E-state index in [0.29, 0.717) is 17.8 Å². The number of hydrogen-bond donors (Lipinski definition) is 0. The van der Waals surface area contributed by atoms with Crippen LogP contribution in [-0.2, 0) is 9.47 Å². The number of hydrogen-bond acceptors (Lipinski definition) is 3. The van der Waals surface area contributed by atoms with Gasteiger partial charge < -0.3 is 9.47 Å². The summed E-state index contributed by atoms with van der Waals surface area (Å²) < 4.78 is 7.77. The molecule has 0 aromatic rings. The second-order valence-corrected chi connectivity index (χ2v) is 7.46. The van der Waals surface area contributed by atoms with Crippen LogP contribution in [0.3, 0.4) is 0 Å². The lowest BCUT2D eigenvalue weighted by molar-refractivity contribution is -0.0330. The summed E-state index contributed by atoms with van der Waals surface area (Å²) in [6.45, 7) is 6.39. The topological polar surface area (TPSA) is 35.5 Å². The van der Waals surface area contributed by atoms with Crippen molar-refractivity contribution in [2.75, 3.05) is 0 Å². The Morgan fingerprint density at radius 2 is 1.89 bits per heavy atom. The molecule has 1 rings (SSSR count). The molecule has 0 aromatic carbocycles. The molecule has 1 fully saturated rings. The van der Waals surface area contributed by atoms with E-state index in [1.807, 2.05) is 0 Å². The molecule has 106 valence electrons. The van der Waals surface area contributed by atoms with Crippen LogP contribution in [0.25, 0.3) is 0 Å². The minimum absolute atomic E-state index is 0.159. The van der Waals surface area contributed by atoms with Gasteiger partial charge in [0.05, 0.1) is 0 Å². The van der Waals surface area contributed by atoms with Crippen LogP contribution in [0.4, 0.5) is 4.79 Å². The maximum Gasteiger partial charge on any atom is 0.512 e. The van der Waals surface area contributed by atoms with Crippen LogP contribution in [0.5, 0.6) is 0 Å². The highest BCUT2D eigenvalue weighted by Crippen LogP contribution is 2.36. The molecule has 6 heteroatoms. The maximum atomic E-state index is 11.5. The van der Waals surface area contributed by atoms with Gasteiger partial charge in [0.15, 0.2) is 0 Å². The summed E-state index contributed by atoms with van der Waals surface area (Å²) in [4.78, 5) is 11.5. The first kappa shape index (κ1) is 16.2. The lowest BCUT2D eigenvalue weighted by atomic mass is 9.75. The number of rotatable bonds is 2. The molecular weight excluding hydrogens is 298 g/mol. The first-order valence-corrected chi connectivity index (χ1v) is 7.28. The predicted molar refractivity (Wildman–Crippen MR) is 73.0 cm³/mol. The lowest BCUT2D eigenvalue weighted by Crippen LogP contribution is -2.36. The van der Waals surface area contributed by atoms with E-state index in [1.54, 1.807) is 0 Å². The van der Waals surface area contributed by atoms with Crippen molar-refractivity contribution in [1.29, 1.82) is 0 Å². The SMILES string of the molecule is CC(C)[C@@H]1CC[C@@H](C)C[C@H]1OC(=O)OC(Cl)(Cl)Cl. The van der Waals surface area contributed by atoms with Gasteiger partial charge in [0.2, 0.25) is 0 Å². The molecule has 0 unspecified atom stereocenters. The van der Waals surface area contributed by atoms with E-state index in [-0.39, 0.29) is 6.10 Å². The van der Waals surface area contributed by atoms with Gasteiger partial charge in [-0.1, -0.05) is 27.2 Å². The Labute approximate surface area is 123 Å². The average Bonchev–Trinajstić information content (AvgIpc) is 2.13. The molecule has 0 aromatic heterocycles. The molecule has 0 aliphatic heterocycles. The summed E-state index contributed by atoms with van der Waals surface area (Å²) in [5, 5.41) is 0. The Morgan fingerprint density at radius 1 is 1.28 bits per heavy atom. The molecule has 1 saturated carbocycles. The quantitative estimate of drug-likeness (QED) is 0.535. The van der Waals surface area contributed by atoms with E-state index in [4.69, 9.17) is 39.5 Å². The highest BCUT2D eigenvalue weighted by molar-refractivity contribution is 6.66. The van der Waals surface area contributed by atoms with Gasteiger partial charge in [-0.2, -0.15) is 0 Å². The van der Waals surface area contributed by atoms with E-state index in [2.05, 4.69) is 25.5 Å². The van der Waals surface area contributed by atoms with Crippen molar-refractivity contribution in [3.05, 3.63) is 0 Å². The molecule has 0 radical (unpaired) electrons. The number of carbonyl (C=O) groups is 1. The minimum Gasteiger partial charge on any atom is -0.431 e. The molecule has 0 N–H and O–H groups in total. The van der Waals surface area contributed by atoms with Gasteiger partial charge in [-0.05, 0) is 65.4 Å². The molecule has 0 heterocycles. The molecule has 0 bridgehead atoms. The molecule has 3 nitrogen and oxygen atoms in total. The maximum absolute atomic E-state index is 11.5. The third-order valence-electron chi connectivity index (χ3n) is 3.41. The van der Waals surface area contributed by atoms with Crippen LogP contribution < -0.4 is 0 Å². The van der Waals surface area contributed by atoms with E-state index in [0.717, 1.165) is 19.3 Å². The molecule has 18 heavy (non-hydrogen) atoms. The fourth-order valence-corrected chi connectivity index (χ4v) is 2.68. The second kappa shape index (κ2) is 6.53. The molecular formula is C12H19Cl3O3. The van der Waals surface area contributed by atoms with Gasteiger partial charge in [-0.25, -0.2) is 4.79 Å². The number of carbonyl (C=O) groups excluding carboxylic acids is 1. The van der Waals surface area contributed by atoms with Crippen molar-refractivity contribution in [3.63, 3.8) is 0 Å². The summed E-state index contributed by atoms with van der Waals surface area (Å²) in [5.74, 6) is 1.32. The molecule has 1 aliphatic carbocycles. The molecule has 1 aliphatic rings. The molecule has 3 atom stereocenters. The van der Waals surface area contributed by atoms with Gasteiger partial charge in [0.1, 0.15) is 6.10 Å². The average molecular weight is 318 g/mol.